The molecule has 7 heteroatoms. The van der Waals surface area contributed by atoms with Crippen molar-refractivity contribution in [2.45, 2.75) is 31.9 Å². The lowest BCUT2D eigenvalue weighted by molar-refractivity contribution is -0.129. The zero-order chi connectivity index (χ0) is 15.7. The van der Waals surface area contributed by atoms with Crippen molar-refractivity contribution in [3.63, 3.8) is 0 Å². The van der Waals surface area contributed by atoms with Crippen LogP contribution in [0.4, 0.5) is 0 Å². The van der Waals surface area contributed by atoms with Gasteiger partial charge in [0, 0.05) is 11.4 Å². The summed E-state index contributed by atoms with van der Waals surface area (Å²) < 4.78 is 5.14. The number of ether oxygens (including phenoxy) is 1. The Kier molecular flexibility index (Phi) is 3.62. The van der Waals surface area contributed by atoms with Crippen LogP contribution >= 0.6 is 0 Å². The summed E-state index contributed by atoms with van der Waals surface area (Å²) in [7, 11) is 0. The first-order valence-electron chi connectivity index (χ1n) is 7.05. The van der Waals surface area contributed by atoms with Crippen molar-refractivity contribution in [2.75, 3.05) is 0 Å². The molecule has 1 atom stereocenters. The van der Waals surface area contributed by atoms with E-state index in [1.165, 1.54) is 6.92 Å². The van der Waals surface area contributed by atoms with Gasteiger partial charge < -0.3 is 10.1 Å². The van der Waals surface area contributed by atoms with Gasteiger partial charge in [-0.2, -0.15) is 5.10 Å². The van der Waals surface area contributed by atoms with Gasteiger partial charge in [-0.05, 0) is 25.8 Å². The second-order valence-electron chi connectivity index (χ2n) is 5.28. The second kappa shape index (κ2) is 5.59. The van der Waals surface area contributed by atoms with Gasteiger partial charge in [0.2, 0.25) is 0 Å². The van der Waals surface area contributed by atoms with Crippen LogP contribution in [-0.4, -0.2) is 34.2 Å². The number of fused-ring (bicyclic) bond motifs is 1. The molecule has 1 heterocycles. The Morgan fingerprint density at radius 2 is 2.00 bits per heavy atom. The summed E-state index contributed by atoms with van der Waals surface area (Å²) in [6, 6.07) is 6.79. The molecular formula is C15H15N3O4. The standard InChI is InChI=1S/C15H15N3O4/c1-8(13(19)16-9-6-7-9)22-15(21)12-10-4-2-3-5-11(10)14(20)18-17-12/h2-5,8-9H,6-7H2,1H3,(H,16,19)(H,18,20)/t8-/m0/s1. The normalized spacial score (nSPS) is 15.3. The highest BCUT2D eigenvalue weighted by Gasteiger charge is 2.28. The lowest BCUT2D eigenvalue weighted by Crippen LogP contribution is -2.37. The van der Waals surface area contributed by atoms with Crippen LogP contribution in [0, 0.1) is 0 Å². The van der Waals surface area contributed by atoms with Gasteiger partial charge in [-0.25, -0.2) is 9.89 Å². The minimum atomic E-state index is -0.916. The minimum Gasteiger partial charge on any atom is -0.448 e. The molecule has 0 radical (unpaired) electrons. The first-order valence-corrected chi connectivity index (χ1v) is 7.05. The van der Waals surface area contributed by atoms with E-state index in [1.807, 2.05) is 0 Å². The SMILES string of the molecule is C[C@H](OC(=O)c1n[nH]c(=O)c2ccccc12)C(=O)NC1CC1. The average molecular weight is 301 g/mol. The maximum atomic E-state index is 12.2. The first-order chi connectivity index (χ1) is 10.6. The number of nitrogens with zero attached hydrogens (tertiary/aromatic N) is 1. The summed E-state index contributed by atoms with van der Waals surface area (Å²) in [5.41, 5.74) is -0.395. The number of nitrogens with one attached hydrogen (secondary N) is 2. The van der Waals surface area contributed by atoms with Gasteiger partial charge in [0.15, 0.2) is 11.8 Å². The molecule has 1 aromatic carbocycles. The molecule has 0 unspecified atom stereocenters. The zero-order valence-corrected chi connectivity index (χ0v) is 12.0. The fraction of sp³-hybridized carbons (Fsp3) is 0.333. The molecule has 1 amide bonds. The quantitative estimate of drug-likeness (QED) is 0.811. The molecule has 114 valence electrons. The monoisotopic (exact) mass is 301 g/mol. The molecule has 22 heavy (non-hydrogen) atoms. The maximum absolute atomic E-state index is 12.2. The van der Waals surface area contributed by atoms with E-state index in [9.17, 15) is 14.4 Å². The lowest BCUT2D eigenvalue weighted by atomic mass is 10.1. The lowest BCUT2D eigenvalue weighted by Gasteiger charge is -2.13. The van der Waals surface area contributed by atoms with Crippen LogP contribution in [0.2, 0.25) is 0 Å². The van der Waals surface area contributed by atoms with Gasteiger partial charge in [0.1, 0.15) is 0 Å². The van der Waals surface area contributed by atoms with Crippen molar-refractivity contribution in [3.8, 4) is 0 Å². The van der Waals surface area contributed by atoms with Gasteiger partial charge in [-0.3, -0.25) is 9.59 Å². The van der Waals surface area contributed by atoms with E-state index in [2.05, 4.69) is 15.5 Å². The third-order valence-corrected chi connectivity index (χ3v) is 3.47. The van der Waals surface area contributed by atoms with Crippen molar-refractivity contribution in [1.82, 2.24) is 15.5 Å². The number of aromatic amines is 1. The van der Waals surface area contributed by atoms with Crippen molar-refractivity contribution in [3.05, 3.63) is 40.3 Å². The third-order valence-electron chi connectivity index (χ3n) is 3.47. The third kappa shape index (κ3) is 2.83. The molecule has 2 N–H and O–H groups in total. The molecule has 1 saturated carbocycles. The number of carbonyl (C=O) groups is 2. The van der Waals surface area contributed by atoms with E-state index in [4.69, 9.17) is 4.74 Å². The Labute approximate surface area is 125 Å². The number of carbonyl (C=O) groups excluding carboxylic acids is 2. The molecule has 2 aromatic rings. The summed E-state index contributed by atoms with van der Waals surface area (Å²) in [5, 5.41) is 9.51. The predicted octanol–water partition coefficient (Wildman–Crippen LogP) is 0.747. The van der Waals surface area contributed by atoms with Crippen LogP contribution in [0.15, 0.2) is 29.1 Å². The Balaban J connectivity index is 1.81. The summed E-state index contributed by atoms with van der Waals surface area (Å²) in [5.74, 6) is -1.07. The molecule has 0 aliphatic heterocycles. The van der Waals surface area contributed by atoms with Crippen LogP contribution in [0.5, 0.6) is 0 Å². The summed E-state index contributed by atoms with van der Waals surface area (Å²) >= 11 is 0. The van der Waals surface area contributed by atoms with Gasteiger partial charge in [0.05, 0.1) is 5.39 Å². The topological polar surface area (TPSA) is 101 Å². The van der Waals surface area contributed by atoms with Gasteiger partial charge in [-0.1, -0.05) is 18.2 Å². The van der Waals surface area contributed by atoms with E-state index in [-0.39, 0.29) is 23.2 Å². The van der Waals surface area contributed by atoms with E-state index in [1.54, 1.807) is 24.3 Å². The zero-order valence-electron chi connectivity index (χ0n) is 12.0. The molecule has 3 rings (SSSR count). The van der Waals surface area contributed by atoms with Crippen LogP contribution in [0.3, 0.4) is 0 Å². The number of esters is 1. The van der Waals surface area contributed by atoms with E-state index in [0.717, 1.165) is 12.8 Å². The van der Waals surface area contributed by atoms with E-state index < -0.39 is 12.1 Å². The van der Waals surface area contributed by atoms with Gasteiger partial charge in [-0.15, -0.1) is 0 Å². The van der Waals surface area contributed by atoms with Gasteiger partial charge in [0.25, 0.3) is 11.5 Å². The molecule has 1 fully saturated rings. The Hall–Kier alpha value is -2.70. The van der Waals surface area contributed by atoms with Crippen molar-refractivity contribution >= 4 is 22.6 Å². The van der Waals surface area contributed by atoms with Crippen LogP contribution in [0.25, 0.3) is 10.8 Å². The highest BCUT2D eigenvalue weighted by Crippen LogP contribution is 2.19. The number of benzene rings is 1. The van der Waals surface area contributed by atoms with Gasteiger partial charge >= 0.3 is 5.97 Å². The summed E-state index contributed by atoms with van der Waals surface area (Å²) in [6.45, 7) is 1.50. The minimum absolute atomic E-state index is 0.0127. The number of rotatable bonds is 4. The summed E-state index contributed by atoms with van der Waals surface area (Å²) in [4.78, 5) is 35.7. The average Bonchev–Trinajstić information content (AvgIpc) is 3.31. The molecular weight excluding hydrogens is 286 g/mol. The van der Waals surface area contributed by atoms with Crippen LogP contribution in [-0.2, 0) is 9.53 Å². The largest absolute Gasteiger partial charge is 0.448 e. The Morgan fingerprint density at radius 1 is 1.32 bits per heavy atom. The van der Waals surface area contributed by atoms with Crippen molar-refractivity contribution in [1.29, 1.82) is 0 Å². The first kappa shape index (κ1) is 14.2. The molecule has 1 aromatic heterocycles. The molecule has 1 aliphatic carbocycles. The molecule has 0 bridgehead atoms. The summed E-state index contributed by atoms with van der Waals surface area (Å²) in [6.07, 6.45) is 0.998. The fourth-order valence-electron chi connectivity index (χ4n) is 2.09. The molecule has 0 saturated heterocycles. The maximum Gasteiger partial charge on any atom is 0.360 e. The molecule has 7 nitrogen and oxygen atoms in total. The predicted molar refractivity (Wildman–Crippen MR) is 78.4 cm³/mol. The number of amides is 1. The molecule has 0 spiro atoms. The van der Waals surface area contributed by atoms with Crippen LogP contribution < -0.4 is 10.9 Å². The highest BCUT2D eigenvalue weighted by molar-refractivity contribution is 6.02. The van der Waals surface area contributed by atoms with E-state index >= 15 is 0 Å². The van der Waals surface area contributed by atoms with E-state index in [0.29, 0.717) is 10.8 Å². The van der Waals surface area contributed by atoms with Crippen LogP contribution in [0.1, 0.15) is 30.3 Å². The smallest absolute Gasteiger partial charge is 0.360 e. The number of aromatic nitrogens is 2. The highest BCUT2D eigenvalue weighted by atomic mass is 16.5. The number of hydrogen-bond acceptors (Lipinski definition) is 5. The Morgan fingerprint density at radius 3 is 2.68 bits per heavy atom. The second-order valence-corrected chi connectivity index (χ2v) is 5.28. The number of H-pyrrole nitrogens is 1. The van der Waals surface area contributed by atoms with Crippen molar-refractivity contribution < 1.29 is 14.3 Å². The fourth-order valence-corrected chi connectivity index (χ4v) is 2.09. The number of hydrogen-bond donors (Lipinski definition) is 2. The Bertz CT molecular complexity index is 795. The molecule has 1 aliphatic rings. The van der Waals surface area contributed by atoms with Crippen molar-refractivity contribution in [2.24, 2.45) is 0 Å².